The zero-order chi connectivity index (χ0) is 40.1. The molecule has 6 aromatic carbocycles. The summed E-state index contributed by atoms with van der Waals surface area (Å²) in [4.78, 5) is 5.03. The summed E-state index contributed by atoms with van der Waals surface area (Å²) in [5.74, 6) is 0. The Morgan fingerprint density at radius 2 is 0.950 bits per heavy atom. The monoisotopic (exact) mass is 805 g/mol. The van der Waals surface area contributed by atoms with Crippen molar-refractivity contribution < 1.29 is 4.57 Å². The molecule has 1 nitrogen and oxygen atoms in total. The summed E-state index contributed by atoms with van der Waals surface area (Å²) in [6, 6.07) is 67.8. The van der Waals surface area contributed by atoms with Gasteiger partial charge < -0.3 is 0 Å². The van der Waals surface area contributed by atoms with Crippen molar-refractivity contribution in [1.82, 2.24) is 0 Å². The average molecular weight is 806 g/mol. The van der Waals surface area contributed by atoms with E-state index in [9.17, 15) is 0 Å². The van der Waals surface area contributed by atoms with Gasteiger partial charge in [0.15, 0.2) is 0 Å². The van der Waals surface area contributed by atoms with Crippen molar-refractivity contribution in [2.45, 2.75) is 19.3 Å². The highest BCUT2D eigenvalue weighted by atomic mass is 32.2. The van der Waals surface area contributed by atoms with Gasteiger partial charge in [-0.3, -0.25) is 0 Å². The molecule has 3 heterocycles. The highest BCUT2D eigenvalue weighted by Crippen LogP contribution is 2.44. The molecular weight excluding hydrogens is 763 g/mol. The molecule has 1 aliphatic heterocycles. The molecule has 8 aromatic rings. The van der Waals surface area contributed by atoms with Crippen LogP contribution in [0, 0.1) is 0 Å². The van der Waals surface area contributed by atoms with E-state index in [0.717, 1.165) is 19.3 Å². The topological polar surface area (TPSA) is 3.88 Å². The summed E-state index contributed by atoms with van der Waals surface area (Å²) < 4.78 is 2.54. The van der Waals surface area contributed by atoms with Gasteiger partial charge in [0.25, 0.3) is 0 Å². The van der Waals surface area contributed by atoms with Gasteiger partial charge in [-0.25, -0.2) is 0 Å². The number of hydrogen-bond acceptors (Lipinski definition) is 1. The van der Waals surface area contributed by atoms with E-state index in [0.29, 0.717) is 0 Å². The maximum absolute atomic E-state index is 2.54. The maximum atomic E-state index is 2.54. The molecule has 0 spiro atoms. The van der Waals surface area contributed by atoms with Gasteiger partial charge in [0.1, 0.15) is 0 Å². The number of hydrogen-bond donors (Lipinski definition) is 0. The molecule has 286 valence electrons. The number of fused-ring (bicyclic) bond motifs is 2. The first-order chi connectivity index (χ1) is 29.7. The summed E-state index contributed by atoms with van der Waals surface area (Å²) in [6.07, 6.45) is 17.3. The number of thioether (sulfide) groups is 1. The lowest BCUT2D eigenvalue weighted by molar-refractivity contribution is -0.521. The fourth-order valence-corrected chi connectivity index (χ4v) is 10.6. The Labute approximate surface area is 361 Å². The van der Waals surface area contributed by atoms with Crippen molar-refractivity contribution in [2.24, 2.45) is 0 Å². The molecule has 2 aliphatic rings. The largest absolute Gasteiger partial charge is 0.239 e. The average Bonchev–Trinajstić information content (AvgIpc) is 3.33. The Morgan fingerprint density at radius 1 is 0.467 bits per heavy atom. The van der Waals surface area contributed by atoms with E-state index in [2.05, 4.69) is 229 Å². The van der Waals surface area contributed by atoms with Gasteiger partial charge in [0.05, 0.1) is 0 Å². The third-order valence-corrected chi connectivity index (χ3v) is 13.5. The van der Waals surface area contributed by atoms with Crippen LogP contribution in [0.4, 0.5) is 0 Å². The van der Waals surface area contributed by atoms with Gasteiger partial charge in [-0.05, 0) is 96.1 Å². The number of nitrogens with zero attached hydrogens (tertiary/aromatic N) is 1. The van der Waals surface area contributed by atoms with Crippen LogP contribution in [0.25, 0.3) is 64.3 Å². The Hall–Kier alpha value is -6.65. The molecule has 3 heteroatoms. The van der Waals surface area contributed by atoms with Gasteiger partial charge in [0, 0.05) is 67.1 Å². The van der Waals surface area contributed by atoms with Crippen LogP contribution in [-0.4, -0.2) is 0 Å². The molecule has 0 amide bonds. The highest BCUT2D eigenvalue weighted by Gasteiger charge is 2.29. The zero-order valence-electron chi connectivity index (χ0n) is 33.2. The predicted molar refractivity (Wildman–Crippen MR) is 260 cm³/mol. The van der Waals surface area contributed by atoms with Crippen molar-refractivity contribution in [3.63, 3.8) is 0 Å². The van der Waals surface area contributed by atoms with E-state index in [1.54, 1.807) is 0 Å². The lowest BCUT2D eigenvalue weighted by Crippen LogP contribution is -2.37. The summed E-state index contributed by atoms with van der Waals surface area (Å²) in [5.41, 5.74) is 13.7. The minimum absolute atomic E-state index is 0.990. The van der Waals surface area contributed by atoms with Gasteiger partial charge >= 0.3 is 0 Å². The fraction of sp³-hybridized carbons (Fsp3) is 0.0526. The molecular formula is C57H43NS2+2. The minimum Gasteiger partial charge on any atom is -0.152 e. The van der Waals surface area contributed by atoms with E-state index in [1.807, 2.05) is 23.1 Å². The van der Waals surface area contributed by atoms with E-state index in [4.69, 9.17) is 0 Å². The quantitative estimate of drug-likeness (QED) is 0.0840. The number of allylic oxidation sites excluding steroid dienone is 9. The summed E-state index contributed by atoms with van der Waals surface area (Å²) in [7, 11) is 0. The number of rotatable bonds is 8. The lowest BCUT2D eigenvalue weighted by Gasteiger charge is -2.19. The Morgan fingerprint density at radius 3 is 1.48 bits per heavy atom. The van der Waals surface area contributed by atoms with Crippen molar-refractivity contribution in [1.29, 1.82) is 0 Å². The fourth-order valence-electron chi connectivity index (χ4n) is 8.30. The molecule has 0 unspecified atom stereocenters. The second-order valence-corrected chi connectivity index (χ2v) is 17.4. The predicted octanol–water partition coefficient (Wildman–Crippen LogP) is 15.7. The molecule has 1 aliphatic carbocycles. The Kier molecular flexibility index (Phi) is 10.8. The van der Waals surface area contributed by atoms with Crippen LogP contribution in [0.15, 0.2) is 235 Å². The third-order valence-electron chi connectivity index (χ3n) is 11.2. The molecule has 0 N–H and O–H groups in total. The lowest BCUT2D eigenvalue weighted by atomic mass is 9.89. The van der Waals surface area contributed by atoms with Crippen molar-refractivity contribution in [3.8, 4) is 20.9 Å². The molecule has 2 aromatic heterocycles. The molecule has 0 saturated heterocycles. The highest BCUT2D eigenvalue weighted by molar-refractivity contribution is 8.16. The Balaban J connectivity index is 1.16. The van der Waals surface area contributed by atoms with Gasteiger partial charge in [-0.1, -0.05) is 157 Å². The Bertz CT molecular complexity index is 2880. The van der Waals surface area contributed by atoms with Crippen LogP contribution in [0.1, 0.15) is 36.0 Å². The van der Waals surface area contributed by atoms with Crippen molar-refractivity contribution in [3.05, 3.63) is 252 Å². The van der Waals surface area contributed by atoms with Crippen LogP contribution in [0.2, 0.25) is 0 Å². The molecule has 0 fully saturated rings. The van der Waals surface area contributed by atoms with E-state index in [1.165, 1.54) is 91.6 Å². The number of benzene rings is 6. The van der Waals surface area contributed by atoms with Crippen LogP contribution >= 0.6 is 23.1 Å². The second kappa shape index (κ2) is 17.3. The molecule has 60 heavy (non-hydrogen) atoms. The maximum Gasteiger partial charge on any atom is 0.239 e. The van der Waals surface area contributed by atoms with Gasteiger partial charge in [0.2, 0.25) is 37.8 Å². The first-order valence-corrected chi connectivity index (χ1v) is 22.3. The standard InChI is InChI=1S/C57H43NS2/c1-5-18-43(19-6-1)53-36-41(37-54(59-53)44-20-7-2-8-21-44)32-34-47-28-17-29-48(57(47)58-51-30-15-13-26-49(51)40-50-27-14-16-31-52(50)58)35-33-42-38-55(45-22-9-3-10-23-45)60-56(39-42)46-24-11-4-12-25-46/h1-16,18-27,30-40H,17,28-29H2/q+2. The van der Waals surface area contributed by atoms with Crippen molar-refractivity contribution >= 4 is 66.5 Å². The second-order valence-electron chi connectivity index (χ2n) is 15.2. The molecule has 10 rings (SSSR count). The summed E-state index contributed by atoms with van der Waals surface area (Å²) in [5, 5.41) is 2.46. The number of aromatic nitrogens is 1. The van der Waals surface area contributed by atoms with Crippen LogP contribution in [0.5, 0.6) is 0 Å². The van der Waals surface area contributed by atoms with Crippen LogP contribution < -0.4 is 4.57 Å². The summed E-state index contributed by atoms with van der Waals surface area (Å²) >= 11 is 3.69. The van der Waals surface area contributed by atoms with Crippen LogP contribution in [-0.2, 0) is 0 Å². The van der Waals surface area contributed by atoms with Gasteiger partial charge in [-0.2, -0.15) is 4.57 Å². The minimum atomic E-state index is 0.990. The van der Waals surface area contributed by atoms with Crippen molar-refractivity contribution in [2.75, 3.05) is 0 Å². The molecule has 0 bridgehead atoms. The van der Waals surface area contributed by atoms with E-state index < -0.39 is 0 Å². The van der Waals surface area contributed by atoms with E-state index in [-0.39, 0.29) is 0 Å². The number of pyridine rings is 1. The number of para-hydroxylation sites is 2. The molecule has 0 atom stereocenters. The first-order valence-electron chi connectivity index (χ1n) is 20.7. The molecule has 0 radical (unpaired) electrons. The zero-order valence-corrected chi connectivity index (χ0v) is 34.9. The molecule has 0 saturated carbocycles. The third kappa shape index (κ3) is 8.03. The smallest absolute Gasteiger partial charge is 0.152 e. The van der Waals surface area contributed by atoms with Gasteiger partial charge in [-0.15, -0.1) is 0 Å². The first kappa shape index (κ1) is 37.6. The van der Waals surface area contributed by atoms with Crippen LogP contribution in [0.3, 0.4) is 0 Å². The normalized spacial score (nSPS) is 15.1. The summed E-state index contributed by atoms with van der Waals surface area (Å²) in [6.45, 7) is 0. The van der Waals surface area contributed by atoms with E-state index >= 15 is 0 Å². The SMILES string of the molecule is C(/C=C1\CCCC(/C=C/c2cc(-c3ccccc3)[s+]c(-c3ccccc3)c2)=C1[n+]1c2ccccc2cc2ccccc21)=C1C=C(c2ccccc2)SC(c2ccccc2)=C1.